The van der Waals surface area contributed by atoms with Crippen molar-refractivity contribution < 1.29 is 4.74 Å². The summed E-state index contributed by atoms with van der Waals surface area (Å²) in [6, 6.07) is 0.464. The summed E-state index contributed by atoms with van der Waals surface area (Å²) in [5.74, 6) is 0. The second-order valence-corrected chi connectivity index (χ2v) is 5.69. The molecule has 19 heavy (non-hydrogen) atoms. The number of hydrogen-bond donors (Lipinski definition) is 1. The molecule has 0 aliphatic heterocycles. The lowest BCUT2D eigenvalue weighted by Gasteiger charge is -2.47. The molecule has 0 saturated heterocycles. The van der Waals surface area contributed by atoms with Gasteiger partial charge in [0.2, 0.25) is 0 Å². The Bertz CT molecular complexity index is 379. The van der Waals surface area contributed by atoms with Crippen LogP contribution >= 0.6 is 0 Å². The molecule has 1 N–H and O–H groups in total. The van der Waals surface area contributed by atoms with Crippen LogP contribution in [-0.2, 0) is 18.2 Å². The van der Waals surface area contributed by atoms with Gasteiger partial charge in [-0.2, -0.15) is 5.10 Å². The molecule has 0 spiro atoms. The lowest BCUT2D eigenvalue weighted by atomic mass is 9.73. The number of nitrogens with one attached hydrogen (secondary N) is 1. The first-order valence-electron chi connectivity index (χ1n) is 7.46. The summed E-state index contributed by atoms with van der Waals surface area (Å²) in [7, 11) is 3.84. The molecule has 108 valence electrons. The van der Waals surface area contributed by atoms with E-state index >= 15 is 0 Å². The van der Waals surface area contributed by atoms with Crippen molar-refractivity contribution in [2.75, 3.05) is 13.7 Å². The van der Waals surface area contributed by atoms with Gasteiger partial charge in [-0.1, -0.05) is 6.92 Å². The van der Waals surface area contributed by atoms with Crippen LogP contribution in [-0.4, -0.2) is 35.1 Å². The molecular formula is C15H27N3O. The maximum absolute atomic E-state index is 5.84. The third-order valence-electron chi connectivity index (χ3n) is 4.36. The SMILES string of the molecule is CCCNC(CCc1cnn(C)c1)C1(OC)CCC1. The maximum Gasteiger partial charge on any atom is 0.0831 e. The van der Waals surface area contributed by atoms with E-state index in [1.807, 2.05) is 25.0 Å². The molecule has 1 aliphatic carbocycles. The van der Waals surface area contributed by atoms with Gasteiger partial charge in [0.25, 0.3) is 0 Å². The molecule has 0 aromatic carbocycles. The van der Waals surface area contributed by atoms with E-state index in [1.54, 1.807) is 0 Å². The summed E-state index contributed by atoms with van der Waals surface area (Å²) in [5.41, 5.74) is 1.40. The third kappa shape index (κ3) is 3.37. The van der Waals surface area contributed by atoms with Gasteiger partial charge in [0, 0.05) is 26.4 Å². The molecule has 2 rings (SSSR count). The van der Waals surface area contributed by atoms with Gasteiger partial charge in [0.05, 0.1) is 11.8 Å². The van der Waals surface area contributed by atoms with Crippen LogP contribution in [0.1, 0.15) is 44.6 Å². The molecule has 1 fully saturated rings. The average Bonchev–Trinajstić information content (AvgIpc) is 2.77. The average molecular weight is 265 g/mol. The Hall–Kier alpha value is -0.870. The normalized spacial score (nSPS) is 19.1. The fourth-order valence-electron chi connectivity index (χ4n) is 3.00. The highest BCUT2D eigenvalue weighted by molar-refractivity contribution is 5.07. The molecule has 0 bridgehead atoms. The molecule has 1 unspecified atom stereocenters. The number of rotatable bonds is 8. The Morgan fingerprint density at radius 1 is 1.53 bits per heavy atom. The molecule has 1 atom stereocenters. The maximum atomic E-state index is 5.84. The Morgan fingerprint density at radius 2 is 2.32 bits per heavy atom. The standard InChI is InChI=1S/C15H27N3O/c1-4-10-16-14(15(19-3)8-5-9-15)7-6-13-11-17-18(2)12-13/h11-12,14,16H,4-10H2,1-3H3. The van der Waals surface area contributed by atoms with Crippen molar-refractivity contribution in [3.8, 4) is 0 Å². The van der Waals surface area contributed by atoms with Gasteiger partial charge in [-0.15, -0.1) is 0 Å². The van der Waals surface area contributed by atoms with Gasteiger partial charge >= 0.3 is 0 Å². The summed E-state index contributed by atoms with van der Waals surface area (Å²) in [5, 5.41) is 7.93. The molecule has 1 saturated carbocycles. The van der Waals surface area contributed by atoms with Gasteiger partial charge in [0.15, 0.2) is 0 Å². The van der Waals surface area contributed by atoms with Crippen molar-refractivity contribution in [3.05, 3.63) is 18.0 Å². The summed E-state index contributed by atoms with van der Waals surface area (Å²) in [6.45, 7) is 3.29. The number of ether oxygens (including phenoxy) is 1. The summed E-state index contributed by atoms with van der Waals surface area (Å²) < 4.78 is 7.72. The van der Waals surface area contributed by atoms with Crippen LogP contribution in [0.2, 0.25) is 0 Å². The van der Waals surface area contributed by atoms with Crippen molar-refractivity contribution in [2.24, 2.45) is 7.05 Å². The van der Waals surface area contributed by atoms with Crippen molar-refractivity contribution >= 4 is 0 Å². The van der Waals surface area contributed by atoms with E-state index in [0.717, 1.165) is 19.4 Å². The van der Waals surface area contributed by atoms with E-state index in [0.29, 0.717) is 6.04 Å². The molecule has 0 radical (unpaired) electrons. The zero-order valence-corrected chi connectivity index (χ0v) is 12.5. The zero-order valence-electron chi connectivity index (χ0n) is 12.5. The monoisotopic (exact) mass is 265 g/mol. The second kappa shape index (κ2) is 6.53. The number of hydrogen-bond acceptors (Lipinski definition) is 3. The predicted molar refractivity (Wildman–Crippen MR) is 77.2 cm³/mol. The number of aryl methyl sites for hydroxylation is 2. The molecule has 1 aliphatic rings. The highest BCUT2D eigenvalue weighted by Gasteiger charge is 2.43. The summed E-state index contributed by atoms with van der Waals surface area (Å²) in [6.07, 6.45) is 11.1. The first kappa shape index (κ1) is 14.5. The minimum absolute atomic E-state index is 0.0807. The predicted octanol–water partition coefficient (Wildman–Crippen LogP) is 2.29. The van der Waals surface area contributed by atoms with Crippen LogP contribution in [0.4, 0.5) is 0 Å². The quantitative estimate of drug-likeness (QED) is 0.784. The van der Waals surface area contributed by atoms with Crippen LogP contribution in [0.15, 0.2) is 12.4 Å². The number of methoxy groups -OCH3 is 1. The van der Waals surface area contributed by atoms with E-state index in [9.17, 15) is 0 Å². The molecule has 1 heterocycles. The van der Waals surface area contributed by atoms with Crippen molar-refractivity contribution in [1.29, 1.82) is 0 Å². The van der Waals surface area contributed by atoms with Gasteiger partial charge in [0.1, 0.15) is 0 Å². The van der Waals surface area contributed by atoms with Crippen LogP contribution < -0.4 is 5.32 Å². The van der Waals surface area contributed by atoms with Gasteiger partial charge in [-0.05, 0) is 50.6 Å². The largest absolute Gasteiger partial charge is 0.377 e. The van der Waals surface area contributed by atoms with Gasteiger partial charge in [-0.3, -0.25) is 4.68 Å². The number of aromatic nitrogens is 2. The fourth-order valence-corrected chi connectivity index (χ4v) is 3.00. The molecule has 4 heteroatoms. The van der Waals surface area contributed by atoms with Gasteiger partial charge in [-0.25, -0.2) is 0 Å². The minimum Gasteiger partial charge on any atom is -0.377 e. The molecule has 1 aromatic heterocycles. The first-order chi connectivity index (χ1) is 9.20. The Kier molecular flexibility index (Phi) is 4.99. The Balaban J connectivity index is 1.93. The first-order valence-corrected chi connectivity index (χ1v) is 7.46. The zero-order chi connectivity index (χ0) is 13.7. The summed E-state index contributed by atoms with van der Waals surface area (Å²) >= 11 is 0. The summed E-state index contributed by atoms with van der Waals surface area (Å²) in [4.78, 5) is 0. The molecular weight excluding hydrogens is 238 g/mol. The van der Waals surface area contributed by atoms with E-state index in [2.05, 4.69) is 23.5 Å². The van der Waals surface area contributed by atoms with E-state index < -0.39 is 0 Å². The van der Waals surface area contributed by atoms with Crippen LogP contribution in [0.25, 0.3) is 0 Å². The molecule has 4 nitrogen and oxygen atoms in total. The third-order valence-corrected chi connectivity index (χ3v) is 4.36. The van der Waals surface area contributed by atoms with Crippen LogP contribution in [0.3, 0.4) is 0 Å². The van der Waals surface area contributed by atoms with E-state index in [-0.39, 0.29) is 5.60 Å². The minimum atomic E-state index is 0.0807. The second-order valence-electron chi connectivity index (χ2n) is 5.69. The van der Waals surface area contributed by atoms with Gasteiger partial charge < -0.3 is 10.1 Å². The van der Waals surface area contributed by atoms with E-state index in [1.165, 1.54) is 31.2 Å². The highest BCUT2D eigenvalue weighted by atomic mass is 16.5. The Labute approximate surface area is 116 Å². The molecule has 0 amide bonds. The van der Waals surface area contributed by atoms with E-state index in [4.69, 9.17) is 4.74 Å². The topological polar surface area (TPSA) is 39.1 Å². The van der Waals surface area contributed by atoms with Crippen LogP contribution in [0, 0.1) is 0 Å². The lowest BCUT2D eigenvalue weighted by Crippen LogP contribution is -2.56. The fraction of sp³-hybridized carbons (Fsp3) is 0.800. The van der Waals surface area contributed by atoms with Crippen molar-refractivity contribution in [2.45, 2.75) is 57.1 Å². The smallest absolute Gasteiger partial charge is 0.0831 e. The molecule has 1 aromatic rings. The Morgan fingerprint density at radius 3 is 2.79 bits per heavy atom. The van der Waals surface area contributed by atoms with Crippen LogP contribution in [0.5, 0.6) is 0 Å². The lowest BCUT2D eigenvalue weighted by molar-refractivity contribution is -0.0997. The number of nitrogens with zero attached hydrogens (tertiary/aromatic N) is 2. The van der Waals surface area contributed by atoms with Crippen molar-refractivity contribution in [3.63, 3.8) is 0 Å². The van der Waals surface area contributed by atoms with Crippen molar-refractivity contribution in [1.82, 2.24) is 15.1 Å². The highest BCUT2D eigenvalue weighted by Crippen LogP contribution is 2.39.